The summed E-state index contributed by atoms with van der Waals surface area (Å²) in [7, 11) is 0. The number of rotatable bonds is 4. The number of fused-ring (bicyclic) bond motifs is 1. The van der Waals surface area contributed by atoms with Crippen molar-refractivity contribution in [2.75, 3.05) is 11.4 Å². The van der Waals surface area contributed by atoms with Crippen molar-refractivity contribution in [2.24, 2.45) is 0 Å². The average molecular weight is 445 g/mol. The minimum atomic E-state index is -0.678. The van der Waals surface area contributed by atoms with Gasteiger partial charge in [-0.3, -0.25) is 19.0 Å². The monoisotopic (exact) mass is 445 g/mol. The maximum atomic E-state index is 12.6. The molecule has 2 aromatic carbocycles. The maximum Gasteiger partial charge on any atom is 0.316 e. The van der Waals surface area contributed by atoms with E-state index in [1.54, 1.807) is 23.1 Å². The Kier molecular flexibility index (Phi) is 4.96. The largest absolute Gasteiger partial charge is 0.339 e. The lowest BCUT2D eigenvalue weighted by molar-refractivity contribution is -0.117. The molecule has 9 nitrogen and oxygen atoms in total. The fourth-order valence-corrected chi connectivity index (χ4v) is 4.26. The Morgan fingerprint density at radius 1 is 1.09 bits per heavy atom. The van der Waals surface area contributed by atoms with Gasteiger partial charge in [0.15, 0.2) is 0 Å². The number of amides is 1. The Bertz CT molecular complexity index is 1480. The number of H-pyrrole nitrogens is 1. The highest BCUT2D eigenvalue weighted by Crippen LogP contribution is 2.32. The molecule has 168 valence electrons. The number of hydrogen-bond acceptors (Lipinski definition) is 6. The van der Waals surface area contributed by atoms with Gasteiger partial charge in [-0.25, -0.2) is 0 Å². The molecule has 2 aromatic heterocycles. The van der Waals surface area contributed by atoms with E-state index < -0.39 is 11.1 Å². The van der Waals surface area contributed by atoms with Crippen molar-refractivity contribution in [1.82, 2.24) is 19.7 Å². The quantitative estimate of drug-likeness (QED) is 0.483. The number of anilines is 1. The van der Waals surface area contributed by atoms with E-state index in [4.69, 9.17) is 4.52 Å². The van der Waals surface area contributed by atoms with E-state index in [-0.39, 0.29) is 17.9 Å². The fraction of sp³-hybridized carbons (Fsp3) is 0.292. The highest BCUT2D eigenvalue weighted by molar-refractivity contribution is 5.96. The summed E-state index contributed by atoms with van der Waals surface area (Å²) in [6.45, 7) is 6.17. The van der Waals surface area contributed by atoms with Gasteiger partial charge < -0.3 is 14.4 Å². The highest BCUT2D eigenvalue weighted by atomic mass is 16.5. The van der Waals surface area contributed by atoms with Gasteiger partial charge in [-0.05, 0) is 51.1 Å². The first-order valence-electron chi connectivity index (χ1n) is 10.8. The Morgan fingerprint density at radius 2 is 1.85 bits per heavy atom. The number of carbonyl (C=O) groups is 1. The van der Waals surface area contributed by atoms with Crippen LogP contribution in [0.1, 0.15) is 43.7 Å². The lowest BCUT2D eigenvalue weighted by Crippen LogP contribution is -2.37. The molecule has 1 unspecified atom stereocenters. The number of benzene rings is 2. The predicted octanol–water partition coefficient (Wildman–Crippen LogP) is 3.15. The van der Waals surface area contributed by atoms with Crippen LogP contribution in [-0.4, -0.2) is 32.1 Å². The second-order valence-electron chi connectivity index (χ2n) is 8.65. The van der Waals surface area contributed by atoms with Crippen LogP contribution in [0.15, 0.2) is 56.6 Å². The lowest BCUT2D eigenvalue weighted by atomic mass is 10.1. The number of nitrogens with zero attached hydrogens (tertiary/aromatic N) is 4. The molecule has 1 fully saturated rings. The summed E-state index contributed by atoms with van der Waals surface area (Å²) >= 11 is 0. The molecule has 1 aliphatic heterocycles. The fourth-order valence-electron chi connectivity index (χ4n) is 4.26. The summed E-state index contributed by atoms with van der Waals surface area (Å²) in [6, 6.07) is 12.9. The predicted molar refractivity (Wildman–Crippen MR) is 123 cm³/mol. The van der Waals surface area contributed by atoms with E-state index in [1.807, 2.05) is 45.0 Å². The number of carbonyl (C=O) groups excluding carboxylic acids is 1. The second kappa shape index (κ2) is 7.84. The average Bonchev–Trinajstić information content (AvgIpc) is 3.42. The van der Waals surface area contributed by atoms with E-state index in [0.717, 1.165) is 11.3 Å². The molecule has 1 N–H and O–H groups in total. The Hall–Kier alpha value is -4.01. The molecule has 5 rings (SSSR count). The maximum absolute atomic E-state index is 12.6. The van der Waals surface area contributed by atoms with Crippen LogP contribution in [0, 0.1) is 6.92 Å². The standard InChI is InChI=1S/C24H23N5O4/c1-13(2)29-19-9-6-15(10-18(19)25-22(31)24(29)32)21-26-23(33-27-21)16-11-20(30)28(12-16)17-7-4-14(3)5-8-17/h4-10,13,16H,11-12H2,1-3H3,(H,25,31). The van der Waals surface area contributed by atoms with Crippen molar-refractivity contribution in [3.8, 4) is 11.4 Å². The molecule has 33 heavy (non-hydrogen) atoms. The first-order valence-corrected chi connectivity index (χ1v) is 10.8. The van der Waals surface area contributed by atoms with Crippen LogP contribution in [-0.2, 0) is 4.79 Å². The highest BCUT2D eigenvalue weighted by Gasteiger charge is 2.35. The molecule has 4 aromatic rings. The lowest BCUT2D eigenvalue weighted by Gasteiger charge is -2.16. The molecule has 0 aliphatic carbocycles. The minimum Gasteiger partial charge on any atom is -0.339 e. The van der Waals surface area contributed by atoms with Crippen molar-refractivity contribution >= 4 is 22.6 Å². The molecule has 9 heteroatoms. The van der Waals surface area contributed by atoms with Gasteiger partial charge in [-0.1, -0.05) is 22.9 Å². The zero-order valence-electron chi connectivity index (χ0n) is 18.5. The molecule has 1 amide bonds. The summed E-state index contributed by atoms with van der Waals surface area (Å²) in [5.41, 5.74) is 2.49. The van der Waals surface area contributed by atoms with E-state index >= 15 is 0 Å². The number of aromatic amines is 1. The van der Waals surface area contributed by atoms with Gasteiger partial charge in [0.2, 0.25) is 17.6 Å². The van der Waals surface area contributed by atoms with Crippen molar-refractivity contribution < 1.29 is 9.32 Å². The SMILES string of the molecule is Cc1ccc(N2CC(c3nc(-c4ccc5c(c4)[nH]c(=O)c(=O)n5C(C)C)no3)CC2=O)cc1. The molecular weight excluding hydrogens is 422 g/mol. The van der Waals surface area contributed by atoms with Crippen LogP contribution < -0.4 is 16.0 Å². The number of nitrogens with one attached hydrogen (secondary N) is 1. The molecule has 0 saturated carbocycles. The van der Waals surface area contributed by atoms with Crippen LogP contribution >= 0.6 is 0 Å². The summed E-state index contributed by atoms with van der Waals surface area (Å²) in [5, 5.41) is 4.09. The Balaban J connectivity index is 1.45. The minimum absolute atomic E-state index is 0.0125. The molecule has 0 bridgehead atoms. The zero-order chi connectivity index (χ0) is 23.3. The third-order valence-corrected chi connectivity index (χ3v) is 5.95. The first-order chi connectivity index (χ1) is 15.8. The van der Waals surface area contributed by atoms with Gasteiger partial charge >= 0.3 is 11.1 Å². The van der Waals surface area contributed by atoms with Gasteiger partial charge in [0.05, 0.1) is 17.0 Å². The van der Waals surface area contributed by atoms with Crippen molar-refractivity contribution in [1.29, 1.82) is 0 Å². The van der Waals surface area contributed by atoms with Gasteiger partial charge in [0, 0.05) is 30.3 Å². The van der Waals surface area contributed by atoms with Crippen molar-refractivity contribution in [3.05, 3.63) is 74.6 Å². The topological polar surface area (TPSA) is 114 Å². The number of aromatic nitrogens is 4. The van der Waals surface area contributed by atoms with Gasteiger partial charge in [-0.15, -0.1) is 0 Å². The van der Waals surface area contributed by atoms with Crippen molar-refractivity contribution in [2.45, 2.75) is 39.2 Å². The summed E-state index contributed by atoms with van der Waals surface area (Å²) < 4.78 is 6.97. The third kappa shape index (κ3) is 3.65. The second-order valence-corrected chi connectivity index (χ2v) is 8.65. The first kappa shape index (κ1) is 20.9. The molecule has 0 radical (unpaired) electrons. The van der Waals surface area contributed by atoms with Crippen LogP contribution in [0.25, 0.3) is 22.4 Å². The zero-order valence-corrected chi connectivity index (χ0v) is 18.5. The Labute approximate surface area is 188 Å². The molecule has 1 saturated heterocycles. The summed E-state index contributed by atoms with van der Waals surface area (Å²) in [5.74, 6) is 0.565. The van der Waals surface area contributed by atoms with E-state index in [1.165, 1.54) is 4.57 Å². The molecule has 3 heterocycles. The van der Waals surface area contributed by atoms with Crippen LogP contribution in [0.4, 0.5) is 5.69 Å². The summed E-state index contributed by atoms with van der Waals surface area (Å²) in [6.07, 6.45) is 0.293. The molecule has 1 atom stereocenters. The summed E-state index contributed by atoms with van der Waals surface area (Å²) in [4.78, 5) is 45.8. The van der Waals surface area contributed by atoms with E-state index in [2.05, 4.69) is 15.1 Å². The molecular formula is C24H23N5O4. The van der Waals surface area contributed by atoms with Crippen LogP contribution in [0.3, 0.4) is 0 Å². The number of aryl methyl sites for hydroxylation is 1. The molecule has 1 aliphatic rings. The van der Waals surface area contributed by atoms with Gasteiger partial charge in [-0.2, -0.15) is 4.98 Å². The third-order valence-electron chi connectivity index (χ3n) is 5.95. The number of hydrogen-bond donors (Lipinski definition) is 1. The smallest absolute Gasteiger partial charge is 0.316 e. The normalized spacial score (nSPS) is 16.3. The van der Waals surface area contributed by atoms with E-state index in [0.29, 0.717) is 41.3 Å². The van der Waals surface area contributed by atoms with Crippen LogP contribution in [0.5, 0.6) is 0 Å². The van der Waals surface area contributed by atoms with Crippen molar-refractivity contribution in [3.63, 3.8) is 0 Å². The van der Waals surface area contributed by atoms with Crippen LogP contribution in [0.2, 0.25) is 0 Å². The Morgan fingerprint density at radius 3 is 2.58 bits per heavy atom. The van der Waals surface area contributed by atoms with Gasteiger partial charge in [0.1, 0.15) is 0 Å². The molecule has 0 spiro atoms. The van der Waals surface area contributed by atoms with E-state index in [9.17, 15) is 14.4 Å². The van der Waals surface area contributed by atoms with Gasteiger partial charge in [0.25, 0.3) is 0 Å².